The fourth-order valence-corrected chi connectivity index (χ4v) is 3.53. The Morgan fingerprint density at radius 3 is 2.77 bits per heavy atom. The summed E-state index contributed by atoms with van der Waals surface area (Å²) in [6, 6.07) is 4.81. The summed E-state index contributed by atoms with van der Waals surface area (Å²) >= 11 is 0. The molecule has 1 amide bonds. The second-order valence-electron chi connectivity index (χ2n) is 4.98. The molecule has 1 heterocycles. The van der Waals surface area contributed by atoms with E-state index >= 15 is 0 Å². The van der Waals surface area contributed by atoms with Crippen molar-refractivity contribution in [2.45, 2.75) is 18.2 Å². The number of benzene rings is 1. The number of amides is 1. The van der Waals surface area contributed by atoms with Crippen LogP contribution < -0.4 is 9.46 Å². The number of nitrogens with zero attached hydrogens (tertiary/aromatic N) is 1. The number of methoxy groups -OCH3 is 1. The number of nitrogens with one attached hydrogen (secondary N) is 1. The molecule has 1 saturated heterocycles. The van der Waals surface area contributed by atoms with Gasteiger partial charge in [0.25, 0.3) is 0 Å². The minimum Gasteiger partial charge on any atom is -0.497 e. The van der Waals surface area contributed by atoms with Crippen molar-refractivity contribution < 1.29 is 22.7 Å². The number of carbonyl (C=O) groups excluding carboxylic acids is 1. The zero-order valence-corrected chi connectivity index (χ0v) is 13.5. The lowest BCUT2D eigenvalue weighted by atomic mass is 10.2. The quantitative estimate of drug-likeness (QED) is 0.758. The molecule has 22 heavy (non-hydrogen) atoms. The largest absolute Gasteiger partial charge is 0.497 e. The zero-order chi connectivity index (χ0) is 16.2. The molecule has 0 radical (unpaired) electrons. The van der Waals surface area contributed by atoms with E-state index in [2.05, 4.69) is 4.72 Å². The lowest BCUT2D eigenvalue weighted by molar-refractivity contribution is 0.158. The third kappa shape index (κ3) is 3.89. The Hall–Kier alpha value is -1.80. The van der Waals surface area contributed by atoms with Gasteiger partial charge in [-0.3, -0.25) is 0 Å². The van der Waals surface area contributed by atoms with Gasteiger partial charge >= 0.3 is 6.09 Å². The van der Waals surface area contributed by atoms with Gasteiger partial charge in [-0.25, -0.2) is 17.9 Å². The second kappa shape index (κ2) is 6.97. The van der Waals surface area contributed by atoms with E-state index in [1.54, 1.807) is 24.0 Å². The van der Waals surface area contributed by atoms with Crippen LogP contribution in [-0.2, 0) is 14.8 Å². The number of rotatable bonds is 7. The molecule has 0 spiro atoms. The van der Waals surface area contributed by atoms with E-state index < -0.39 is 10.0 Å². The van der Waals surface area contributed by atoms with E-state index in [1.165, 1.54) is 13.2 Å². The Morgan fingerprint density at radius 1 is 1.41 bits per heavy atom. The van der Waals surface area contributed by atoms with Gasteiger partial charge in [0.2, 0.25) is 10.0 Å². The maximum absolute atomic E-state index is 12.3. The molecule has 1 aromatic carbocycles. The molecular weight excluding hydrogens is 308 g/mol. The molecule has 0 saturated carbocycles. The van der Waals surface area contributed by atoms with Crippen molar-refractivity contribution in [3.63, 3.8) is 0 Å². The molecular formula is C14H20N2O5S. The van der Waals surface area contributed by atoms with Gasteiger partial charge in [-0.05, 0) is 37.1 Å². The van der Waals surface area contributed by atoms with Crippen LogP contribution in [0, 0.1) is 6.92 Å². The molecule has 1 aliphatic heterocycles. The first-order valence-electron chi connectivity index (χ1n) is 7.00. The highest BCUT2D eigenvalue weighted by Crippen LogP contribution is 2.20. The van der Waals surface area contributed by atoms with Crippen molar-refractivity contribution in [1.82, 2.24) is 9.62 Å². The Bertz CT molecular complexity index is 645. The van der Waals surface area contributed by atoms with Crippen LogP contribution in [0.4, 0.5) is 4.79 Å². The van der Waals surface area contributed by atoms with Crippen molar-refractivity contribution in [2.75, 3.05) is 33.4 Å². The molecule has 0 atom stereocenters. The van der Waals surface area contributed by atoms with Crippen LogP contribution in [0.1, 0.15) is 12.0 Å². The first-order valence-corrected chi connectivity index (χ1v) is 8.48. The van der Waals surface area contributed by atoms with Crippen molar-refractivity contribution in [1.29, 1.82) is 0 Å². The van der Waals surface area contributed by atoms with Gasteiger partial charge < -0.3 is 14.4 Å². The Labute approximate surface area is 130 Å². The predicted molar refractivity (Wildman–Crippen MR) is 80.5 cm³/mol. The Kier molecular flexibility index (Phi) is 5.25. The summed E-state index contributed by atoms with van der Waals surface area (Å²) in [6.45, 7) is 3.41. The van der Waals surface area contributed by atoms with Crippen LogP contribution in [0.15, 0.2) is 23.1 Å². The van der Waals surface area contributed by atoms with Crippen LogP contribution in [0.25, 0.3) is 0 Å². The lowest BCUT2D eigenvalue weighted by Crippen LogP contribution is -2.30. The van der Waals surface area contributed by atoms with Crippen molar-refractivity contribution in [3.8, 4) is 5.75 Å². The third-order valence-electron chi connectivity index (χ3n) is 3.41. The fourth-order valence-electron chi connectivity index (χ4n) is 2.23. The maximum Gasteiger partial charge on any atom is 0.409 e. The number of hydrogen-bond acceptors (Lipinski definition) is 5. The summed E-state index contributed by atoms with van der Waals surface area (Å²) in [7, 11) is -2.03. The van der Waals surface area contributed by atoms with E-state index in [0.29, 0.717) is 37.4 Å². The van der Waals surface area contributed by atoms with Crippen LogP contribution in [0.5, 0.6) is 5.75 Å². The van der Waals surface area contributed by atoms with Gasteiger partial charge in [-0.15, -0.1) is 0 Å². The SMILES string of the molecule is COc1ccc(S(=O)(=O)NCCCN2CCOC2=O)c(C)c1. The highest BCUT2D eigenvalue weighted by molar-refractivity contribution is 7.89. The van der Waals surface area contributed by atoms with Gasteiger partial charge in [0, 0.05) is 13.1 Å². The van der Waals surface area contributed by atoms with Crippen LogP contribution >= 0.6 is 0 Å². The molecule has 1 aromatic rings. The number of hydrogen-bond donors (Lipinski definition) is 1. The first-order chi connectivity index (χ1) is 10.4. The highest BCUT2D eigenvalue weighted by Gasteiger charge is 2.21. The minimum atomic E-state index is -3.57. The third-order valence-corrected chi connectivity index (χ3v) is 5.03. The molecule has 122 valence electrons. The summed E-state index contributed by atoms with van der Waals surface area (Å²) < 4.78 is 36.9. The Morgan fingerprint density at radius 2 is 2.18 bits per heavy atom. The van der Waals surface area contributed by atoms with Crippen LogP contribution in [0.2, 0.25) is 0 Å². The predicted octanol–water partition coefficient (Wildman–Crippen LogP) is 1.12. The number of sulfonamides is 1. The average molecular weight is 328 g/mol. The standard InChI is InChI=1S/C14H20N2O5S/c1-11-10-12(20-2)4-5-13(11)22(18,19)15-6-3-7-16-8-9-21-14(16)17/h4-5,10,15H,3,6-9H2,1-2H3. The molecule has 0 unspecified atom stereocenters. The number of cyclic esters (lactones) is 1. The van der Waals surface area contributed by atoms with Gasteiger partial charge in [-0.2, -0.15) is 0 Å². The maximum atomic E-state index is 12.3. The van der Waals surface area contributed by atoms with E-state index in [0.717, 1.165) is 0 Å². The number of aryl methyl sites for hydroxylation is 1. The molecule has 1 N–H and O–H groups in total. The monoisotopic (exact) mass is 328 g/mol. The Balaban J connectivity index is 1.89. The second-order valence-corrected chi connectivity index (χ2v) is 6.72. The van der Waals surface area contributed by atoms with E-state index in [9.17, 15) is 13.2 Å². The number of carbonyl (C=O) groups is 1. The minimum absolute atomic E-state index is 0.230. The summed E-state index contributed by atoms with van der Waals surface area (Å²) in [6.07, 6.45) is 0.192. The molecule has 0 bridgehead atoms. The average Bonchev–Trinajstić information content (AvgIpc) is 2.88. The normalized spacial score (nSPS) is 15.0. The summed E-state index contributed by atoms with van der Waals surface area (Å²) in [4.78, 5) is 13.0. The van der Waals surface area contributed by atoms with Crippen molar-refractivity contribution in [3.05, 3.63) is 23.8 Å². The molecule has 0 aliphatic carbocycles. The summed E-state index contributed by atoms with van der Waals surface area (Å²) in [5.41, 5.74) is 0.620. The highest BCUT2D eigenvalue weighted by atomic mass is 32.2. The van der Waals surface area contributed by atoms with E-state index in [1.807, 2.05) is 0 Å². The van der Waals surface area contributed by atoms with Crippen molar-refractivity contribution in [2.24, 2.45) is 0 Å². The van der Waals surface area contributed by atoms with Crippen LogP contribution in [0.3, 0.4) is 0 Å². The first kappa shape index (κ1) is 16.6. The van der Waals surface area contributed by atoms with Gasteiger partial charge in [0.1, 0.15) is 12.4 Å². The van der Waals surface area contributed by atoms with Crippen molar-refractivity contribution >= 4 is 16.1 Å². The summed E-state index contributed by atoms with van der Waals surface area (Å²) in [5, 5.41) is 0. The van der Waals surface area contributed by atoms with Gasteiger partial charge in [0.05, 0.1) is 18.6 Å². The molecule has 7 nitrogen and oxygen atoms in total. The molecule has 8 heteroatoms. The van der Waals surface area contributed by atoms with Gasteiger partial charge in [-0.1, -0.05) is 0 Å². The molecule has 2 rings (SSSR count). The summed E-state index contributed by atoms with van der Waals surface area (Å²) in [5.74, 6) is 0.615. The zero-order valence-electron chi connectivity index (χ0n) is 12.7. The molecule has 1 fully saturated rings. The van der Waals surface area contributed by atoms with Gasteiger partial charge in [0.15, 0.2) is 0 Å². The van der Waals surface area contributed by atoms with Crippen LogP contribution in [-0.4, -0.2) is 52.8 Å². The topological polar surface area (TPSA) is 84.9 Å². The molecule has 1 aliphatic rings. The number of ether oxygens (including phenoxy) is 2. The lowest BCUT2D eigenvalue weighted by Gasteiger charge is -2.13. The molecule has 0 aromatic heterocycles. The van der Waals surface area contributed by atoms with E-state index in [4.69, 9.17) is 9.47 Å². The fraction of sp³-hybridized carbons (Fsp3) is 0.500. The van der Waals surface area contributed by atoms with E-state index in [-0.39, 0.29) is 17.5 Å². The smallest absolute Gasteiger partial charge is 0.409 e.